The second-order valence-electron chi connectivity index (χ2n) is 3.23. The molecule has 1 rings (SSSR count). The second kappa shape index (κ2) is 5.16. The Balaban J connectivity index is 3.48. The lowest BCUT2D eigenvalue weighted by Crippen LogP contribution is -2.14. The maximum absolute atomic E-state index is 12.6. The average molecular weight is 266 g/mol. The van der Waals surface area contributed by atoms with Gasteiger partial charge >= 0.3 is 6.18 Å². The molecule has 0 atom stereocenters. The topological polar surface area (TPSA) is 45.9 Å². The average Bonchev–Trinajstić information content (AvgIpc) is 2.27. The summed E-state index contributed by atoms with van der Waals surface area (Å²) < 4.78 is 67.2. The first-order chi connectivity index (χ1) is 8.31. The van der Waals surface area contributed by atoms with Crippen molar-refractivity contribution in [3.05, 3.63) is 22.9 Å². The standard InChI is InChI=1S/C10H7F5N2O/c1-18-9-5(2-3-16)4-6(8(11)12)7(17-9)10(13,14)15/h4,8H,2H2,1H3. The van der Waals surface area contributed by atoms with Gasteiger partial charge in [-0.2, -0.15) is 18.4 Å². The lowest BCUT2D eigenvalue weighted by Gasteiger charge is -2.14. The van der Waals surface area contributed by atoms with Crippen LogP contribution in [-0.2, 0) is 12.6 Å². The zero-order chi connectivity index (χ0) is 13.9. The van der Waals surface area contributed by atoms with E-state index in [1.54, 1.807) is 6.07 Å². The summed E-state index contributed by atoms with van der Waals surface area (Å²) in [7, 11) is 1.05. The Morgan fingerprint density at radius 3 is 2.44 bits per heavy atom. The summed E-state index contributed by atoms with van der Waals surface area (Å²) in [4.78, 5) is 3.02. The highest BCUT2D eigenvalue weighted by Gasteiger charge is 2.38. The van der Waals surface area contributed by atoms with E-state index >= 15 is 0 Å². The van der Waals surface area contributed by atoms with Crippen LogP contribution in [0.3, 0.4) is 0 Å². The molecule has 98 valence electrons. The summed E-state index contributed by atoms with van der Waals surface area (Å²) in [6.07, 6.45) is -8.71. The van der Waals surface area contributed by atoms with Crippen molar-refractivity contribution >= 4 is 0 Å². The number of hydrogen-bond donors (Lipinski definition) is 0. The minimum atomic E-state index is -5.01. The Morgan fingerprint density at radius 2 is 2.06 bits per heavy atom. The van der Waals surface area contributed by atoms with Gasteiger partial charge in [-0.15, -0.1) is 0 Å². The molecular formula is C10H7F5N2O. The smallest absolute Gasteiger partial charge is 0.433 e. The molecule has 0 bridgehead atoms. The molecule has 0 amide bonds. The summed E-state index contributed by atoms with van der Waals surface area (Å²) in [5, 5.41) is 8.46. The zero-order valence-corrected chi connectivity index (χ0v) is 9.05. The van der Waals surface area contributed by atoms with Crippen LogP contribution in [0.2, 0.25) is 0 Å². The van der Waals surface area contributed by atoms with Crippen LogP contribution in [0.1, 0.15) is 23.2 Å². The van der Waals surface area contributed by atoms with Crippen molar-refractivity contribution in [2.45, 2.75) is 19.0 Å². The molecule has 18 heavy (non-hydrogen) atoms. The number of pyridine rings is 1. The number of halogens is 5. The van der Waals surface area contributed by atoms with E-state index in [4.69, 9.17) is 5.26 Å². The van der Waals surface area contributed by atoms with E-state index in [-0.39, 0.29) is 12.0 Å². The first-order valence-corrected chi connectivity index (χ1v) is 4.61. The monoisotopic (exact) mass is 266 g/mol. The van der Waals surface area contributed by atoms with Crippen LogP contribution in [0.5, 0.6) is 5.88 Å². The van der Waals surface area contributed by atoms with Gasteiger partial charge in [0.15, 0.2) is 5.69 Å². The van der Waals surface area contributed by atoms with Gasteiger partial charge in [0, 0.05) is 11.1 Å². The lowest BCUT2D eigenvalue weighted by atomic mass is 10.1. The first-order valence-electron chi connectivity index (χ1n) is 4.61. The molecule has 0 spiro atoms. The van der Waals surface area contributed by atoms with Gasteiger partial charge in [-0.05, 0) is 6.07 Å². The minimum absolute atomic E-state index is 0.108. The van der Waals surface area contributed by atoms with E-state index in [0.717, 1.165) is 7.11 Å². The number of alkyl halides is 5. The second-order valence-corrected chi connectivity index (χ2v) is 3.23. The highest BCUT2D eigenvalue weighted by atomic mass is 19.4. The normalized spacial score (nSPS) is 11.4. The molecule has 0 unspecified atom stereocenters. The van der Waals surface area contributed by atoms with E-state index in [0.29, 0.717) is 6.07 Å². The molecule has 0 aliphatic rings. The van der Waals surface area contributed by atoms with Crippen LogP contribution in [0.15, 0.2) is 6.07 Å². The van der Waals surface area contributed by atoms with E-state index in [1.165, 1.54) is 0 Å². The molecule has 0 saturated carbocycles. The molecule has 1 aromatic heterocycles. The van der Waals surface area contributed by atoms with E-state index < -0.39 is 29.7 Å². The van der Waals surface area contributed by atoms with Crippen LogP contribution >= 0.6 is 0 Å². The highest BCUT2D eigenvalue weighted by Crippen LogP contribution is 2.37. The van der Waals surface area contributed by atoms with Gasteiger partial charge in [-0.1, -0.05) is 0 Å². The van der Waals surface area contributed by atoms with Crippen molar-refractivity contribution in [2.75, 3.05) is 7.11 Å². The molecule has 0 aliphatic carbocycles. The third-order valence-electron chi connectivity index (χ3n) is 2.06. The van der Waals surface area contributed by atoms with Crippen molar-refractivity contribution in [1.82, 2.24) is 4.98 Å². The van der Waals surface area contributed by atoms with Crippen LogP contribution in [0.25, 0.3) is 0 Å². The van der Waals surface area contributed by atoms with Crippen LogP contribution in [0.4, 0.5) is 22.0 Å². The van der Waals surface area contributed by atoms with Crippen LogP contribution in [-0.4, -0.2) is 12.1 Å². The van der Waals surface area contributed by atoms with Crippen molar-refractivity contribution in [2.24, 2.45) is 0 Å². The quantitative estimate of drug-likeness (QED) is 0.789. The van der Waals surface area contributed by atoms with Crippen molar-refractivity contribution in [3.63, 3.8) is 0 Å². The molecule has 0 aliphatic heterocycles. The summed E-state index contributed by atoms with van der Waals surface area (Å²) in [5.41, 5.74) is -3.06. The Kier molecular flexibility index (Phi) is 4.06. The third-order valence-corrected chi connectivity index (χ3v) is 2.06. The predicted molar refractivity (Wildman–Crippen MR) is 50.1 cm³/mol. The molecule has 1 heterocycles. The van der Waals surface area contributed by atoms with Crippen molar-refractivity contribution in [1.29, 1.82) is 5.26 Å². The molecular weight excluding hydrogens is 259 g/mol. The number of methoxy groups -OCH3 is 1. The number of nitriles is 1. The third kappa shape index (κ3) is 2.85. The Hall–Kier alpha value is -1.91. The molecule has 0 saturated heterocycles. The number of rotatable bonds is 3. The number of nitrogens with zero attached hydrogens (tertiary/aromatic N) is 2. The van der Waals surface area contributed by atoms with Gasteiger partial charge < -0.3 is 4.74 Å². The SMILES string of the molecule is COc1nc(C(F)(F)F)c(C(F)F)cc1CC#N. The molecule has 0 radical (unpaired) electrons. The predicted octanol–water partition coefficient (Wildman–Crippen LogP) is 3.11. The maximum Gasteiger partial charge on any atom is 0.433 e. The summed E-state index contributed by atoms with van der Waals surface area (Å²) in [6, 6.07) is 2.24. The molecule has 0 N–H and O–H groups in total. The van der Waals surface area contributed by atoms with Gasteiger partial charge in [0.2, 0.25) is 5.88 Å². The number of ether oxygens (including phenoxy) is 1. The number of aromatic nitrogens is 1. The van der Waals surface area contributed by atoms with Crippen molar-refractivity contribution < 1.29 is 26.7 Å². The van der Waals surface area contributed by atoms with Gasteiger partial charge in [-0.25, -0.2) is 13.8 Å². The molecule has 8 heteroatoms. The molecule has 0 fully saturated rings. The van der Waals surface area contributed by atoms with E-state index in [2.05, 4.69) is 9.72 Å². The van der Waals surface area contributed by atoms with Crippen molar-refractivity contribution in [3.8, 4) is 11.9 Å². The number of hydrogen-bond acceptors (Lipinski definition) is 3. The van der Waals surface area contributed by atoms with Crippen LogP contribution in [0, 0.1) is 11.3 Å². The fourth-order valence-electron chi connectivity index (χ4n) is 1.34. The Bertz CT molecular complexity index is 478. The zero-order valence-electron chi connectivity index (χ0n) is 9.05. The molecule has 0 aromatic carbocycles. The summed E-state index contributed by atoms with van der Waals surface area (Å²) in [6.45, 7) is 0. The first kappa shape index (κ1) is 14.2. The van der Waals surface area contributed by atoms with E-state index in [1.807, 2.05) is 0 Å². The van der Waals surface area contributed by atoms with Crippen LogP contribution < -0.4 is 4.74 Å². The minimum Gasteiger partial charge on any atom is -0.481 e. The molecule has 3 nitrogen and oxygen atoms in total. The van der Waals surface area contributed by atoms with Gasteiger partial charge in [0.05, 0.1) is 19.6 Å². The Labute approximate surface area is 98.8 Å². The fraction of sp³-hybridized carbons (Fsp3) is 0.400. The largest absolute Gasteiger partial charge is 0.481 e. The maximum atomic E-state index is 12.6. The van der Waals surface area contributed by atoms with Gasteiger partial charge in [-0.3, -0.25) is 0 Å². The lowest BCUT2D eigenvalue weighted by molar-refractivity contribution is -0.143. The Morgan fingerprint density at radius 1 is 1.44 bits per heavy atom. The highest BCUT2D eigenvalue weighted by molar-refractivity contribution is 5.38. The van der Waals surface area contributed by atoms with Gasteiger partial charge in [0.25, 0.3) is 6.43 Å². The summed E-state index contributed by atoms with van der Waals surface area (Å²) >= 11 is 0. The summed E-state index contributed by atoms with van der Waals surface area (Å²) in [5.74, 6) is -0.478. The molecule has 1 aromatic rings. The van der Waals surface area contributed by atoms with E-state index in [9.17, 15) is 22.0 Å². The fourth-order valence-corrected chi connectivity index (χ4v) is 1.34. The van der Waals surface area contributed by atoms with Gasteiger partial charge in [0.1, 0.15) is 0 Å².